The third kappa shape index (κ3) is 5.37. The number of likely N-dealkylation sites (N-methyl/N-ethyl adjacent to an activating group) is 1. The Kier molecular flexibility index (Phi) is 7.10. The summed E-state index contributed by atoms with van der Waals surface area (Å²) in [4.78, 5) is 19.0. The molecule has 0 saturated heterocycles. The second kappa shape index (κ2) is 9.57. The molecule has 0 radical (unpaired) electrons. The number of sulfone groups is 1. The summed E-state index contributed by atoms with van der Waals surface area (Å²) >= 11 is 0. The normalized spacial score (nSPS) is 22.6. The van der Waals surface area contributed by atoms with Crippen LogP contribution in [-0.4, -0.2) is 62.7 Å². The van der Waals surface area contributed by atoms with Gasteiger partial charge in [-0.3, -0.25) is 14.7 Å². The molecule has 2 aromatic rings. The largest absolute Gasteiger partial charge is 0.491 e. The van der Waals surface area contributed by atoms with E-state index in [-0.39, 0.29) is 28.6 Å². The van der Waals surface area contributed by atoms with Crippen LogP contribution in [0.3, 0.4) is 0 Å². The van der Waals surface area contributed by atoms with E-state index in [2.05, 4.69) is 10.3 Å². The van der Waals surface area contributed by atoms with Crippen LogP contribution in [0.1, 0.15) is 26.2 Å². The van der Waals surface area contributed by atoms with Crippen LogP contribution in [0.4, 0.5) is 0 Å². The van der Waals surface area contributed by atoms with Crippen molar-refractivity contribution >= 4 is 15.7 Å². The number of para-hydroxylation sites is 1. The topological polar surface area (TPSA) is 88.6 Å². The molecule has 2 bridgehead atoms. The van der Waals surface area contributed by atoms with Crippen molar-refractivity contribution in [1.29, 1.82) is 0 Å². The van der Waals surface area contributed by atoms with Gasteiger partial charge >= 0.3 is 0 Å². The second-order valence-electron chi connectivity index (χ2n) is 7.92. The zero-order valence-electron chi connectivity index (χ0n) is 17.7. The van der Waals surface area contributed by atoms with Crippen LogP contribution in [0.15, 0.2) is 47.6 Å². The van der Waals surface area contributed by atoms with Crippen LogP contribution in [0.5, 0.6) is 5.75 Å². The number of carbonyl (C=O) groups excluding carboxylic acids is 1. The summed E-state index contributed by atoms with van der Waals surface area (Å²) in [5.74, 6) is 0.564. The summed E-state index contributed by atoms with van der Waals surface area (Å²) in [7, 11) is 0.244. The van der Waals surface area contributed by atoms with Crippen molar-refractivity contribution in [3.63, 3.8) is 0 Å². The minimum Gasteiger partial charge on any atom is -0.491 e. The molecular weight excluding hydrogens is 402 g/mol. The predicted octanol–water partition coefficient (Wildman–Crippen LogP) is 2.52. The summed E-state index contributed by atoms with van der Waals surface area (Å²) in [6.07, 6.45) is 4.74. The van der Waals surface area contributed by atoms with Gasteiger partial charge in [0.1, 0.15) is 12.4 Å². The number of benzene rings is 1. The minimum absolute atomic E-state index is 0.0223. The fourth-order valence-corrected chi connectivity index (χ4v) is 4.88. The first-order chi connectivity index (χ1) is 14.3. The van der Waals surface area contributed by atoms with Crippen LogP contribution in [-0.2, 0) is 14.6 Å². The summed E-state index contributed by atoms with van der Waals surface area (Å²) < 4.78 is 31.7. The molecule has 8 heteroatoms. The number of nitrogens with zero attached hydrogens (tertiary/aromatic N) is 2. The average Bonchev–Trinajstić information content (AvgIpc) is 2.71. The number of hydrogen-bond acceptors (Lipinski definition) is 6. The van der Waals surface area contributed by atoms with Crippen LogP contribution < -0.4 is 10.1 Å². The quantitative estimate of drug-likeness (QED) is 0.746. The van der Waals surface area contributed by atoms with Gasteiger partial charge in [-0.25, -0.2) is 8.42 Å². The molecule has 7 nitrogen and oxygen atoms in total. The van der Waals surface area contributed by atoms with Crippen molar-refractivity contribution in [3.8, 4) is 16.9 Å². The average molecular weight is 432 g/mol. The second-order valence-corrected chi connectivity index (χ2v) is 10.0. The SMILES string of the molecule is C[C@@H]1COc2ccccc2-c2cncc(c2)S(=O)(=O)CCCC[C@H](N(C)C)C(=O)N1. The van der Waals surface area contributed by atoms with Crippen molar-refractivity contribution in [2.75, 3.05) is 26.5 Å². The first-order valence-corrected chi connectivity index (χ1v) is 11.8. The Morgan fingerprint density at radius 3 is 2.70 bits per heavy atom. The highest BCUT2D eigenvalue weighted by Crippen LogP contribution is 2.31. The summed E-state index contributed by atoms with van der Waals surface area (Å²) in [5.41, 5.74) is 1.45. The van der Waals surface area contributed by atoms with Gasteiger partial charge in [0.15, 0.2) is 9.84 Å². The van der Waals surface area contributed by atoms with Crippen molar-refractivity contribution in [2.45, 2.75) is 43.2 Å². The van der Waals surface area contributed by atoms with E-state index in [4.69, 9.17) is 4.74 Å². The molecule has 1 amide bonds. The Morgan fingerprint density at radius 2 is 1.93 bits per heavy atom. The van der Waals surface area contributed by atoms with Crippen molar-refractivity contribution in [2.24, 2.45) is 0 Å². The van der Waals surface area contributed by atoms with Crippen LogP contribution in [0.2, 0.25) is 0 Å². The molecule has 0 aliphatic carbocycles. The third-order valence-corrected chi connectivity index (χ3v) is 6.98. The molecule has 0 spiro atoms. The fourth-order valence-electron chi connectivity index (χ4n) is 3.53. The van der Waals surface area contributed by atoms with Gasteiger partial charge in [-0.1, -0.05) is 24.6 Å². The summed E-state index contributed by atoms with van der Waals surface area (Å²) in [6, 6.07) is 8.59. The zero-order valence-corrected chi connectivity index (χ0v) is 18.5. The van der Waals surface area contributed by atoms with Gasteiger partial charge in [-0.15, -0.1) is 0 Å². The van der Waals surface area contributed by atoms with Gasteiger partial charge in [0.2, 0.25) is 5.91 Å². The number of ether oxygens (including phenoxy) is 1. The highest BCUT2D eigenvalue weighted by Gasteiger charge is 2.23. The number of rotatable bonds is 1. The molecule has 1 aromatic carbocycles. The Labute approximate surface area is 178 Å². The predicted molar refractivity (Wildman–Crippen MR) is 116 cm³/mol. The molecule has 1 aliphatic heterocycles. The molecule has 2 atom stereocenters. The number of aromatic nitrogens is 1. The lowest BCUT2D eigenvalue weighted by atomic mass is 10.1. The third-order valence-electron chi connectivity index (χ3n) is 5.21. The van der Waals surface area contributed by atoms with Gasteiger partial charge in [0.25, 0.3) is 0 Å². The van der Waals surface area contributed by atoms with Crippen molar-refractivity contribution in [3.05, 3.63) is 42.7 Å². The Morgan fingerprint density at radius 1 is 1.17 bits per heavy atom. The number of hydrogen-bond donors (Lipinski definition) is 1. The van der Waals surface area contributed by atoms with Gasteiger partial charge < -0.3 is 10.1 Å². The first-order valence-electron chi connectivity index (χ1n) is 10.1. The lowest BCUT2D eigenvalue weighted by molar-refractivity contribution is -0.126. The number of carbonyl (C=O) groups is 1. The van der Waals surface area contributed by atoms with Gasteiger partial charge in [-0.05, 0) is 46.0 Å². The molecule has 0 saturated carbocycles. The summed E-state index contributed by atoms with van der Waals surface area (Å²) in [5, 5.41) is 3.01. The number of pyridine rings is 1. The molecular formula is C22H29N3O4S. The van der Waals surface area contributed by atoms with E-state index in [1.807, 2.05) is 50.2 Å². The molecule has 30 heavy (non-hydrogen) atoms. The van der Waals surface area contributed by atoms with Gasteiger partial charge in [-0.2, -0.15) is 0 Å². The van der Waals surface area contributed by atoms with E-state index in [9.17, 15) is 13.2 Å². The van der Waals surface area contributed by atoms with Crippen LogP contribution in [0.25, 0.3) is 11.1 Å². The highest BCUT2D eigenvalue weighted by atomic mass is 32.2. The fraction of sp³-hybridized carbons (Fsp3) is 0.455. The molecule has 0 unspecified atom stereocenters. The van der Waals surface area contributed by atoms with E-state index in [1.165, 1.54) is 6.20 Å². The first kappa shape index (κ1) is 22.2. The zero-order chi connectivity index (χ0) is 21.7. The van der Waals surface area contributed by atoms with Crippen molar-refractivity contribution < 1.29 is 17.9 Å². The monoisotopic (exact) mass is 431 g/mol. The number of amides is 1. The van der Waals surface area contributed by atoms with Gasteiger partial charge in [0, 0.05) is 23.5 Å². The molecule has 162 valence electrons. The molecule has 2 heterocycles. The Bertz CT molecular complexity index is 991. The Hall–Kier alpha value is -2.45. The molecule has 1 aliphatic rings. The summed E-state index contributed by atoms with van der Waals surface area (Å²) in [6.45, 7) is 2.21. The van der Waals surface area contributed by atoms with Crippen LogP contribution in [0, 0.1) is 0 Å². The van der Waals surface area contributed by atoms with E-state index >= 15 is 0 Å². The molecule has 1 aromatic heterocycles. The molecule has 1 N–H and O–H groups in total. The van der Waals surface area contributed by atoms with Crippen molar-refractivity contribution in [1.82, 2.24) is 15.2 Å². The van der Waals surface area contributed by atoms with E-state index in [1.54, 1.807) is 12.3 Å². The lowest BCUT2D eigenvalue weighted by Gasteiger charge is -2.26. The van der Waals surface area contributed by atoms with Gasteiger partial charge in [0.05, 0.1) is 22.7 Å². The maximum Gasteiger partial charge on any atom is 0.237 e. The standard InChI is InChI=1S/C22H29N3O4S/c1-16-15-29-21-10-5-4-8-19(21)17-12-18(14-23-13-17)30(27,28)11-7-6-9-20(25(2)3)22(26)24-16/h4-5,8,10,12-14,16,20H,6-7,9,11,15H2,1-3H3,(H,24,26)/t16-,20+/m1/s1. The molecule has 0 fully saturated rings. The maximum atomic E-state index is 12.8. The van der Waals surface area contributed by atoms with E-state index in [0.717, 1.165) is 5.56 Å². The Balaban J connectivity index is 1.97. The lowest BCUT2D eigenvalue weighted by Crippen LogP contribution is -2.48. The minimum atomic E-state index is -3.47. The maximum absolute atomic E-state index is 12.8. The van der Waals surface area contributed by atoms with E-state index in [0.29, 0.717) is 37.2 Å². The van der Waals surface area contributed by atoms with E-state index < -0.39 is 9.84 Å². The van der Waals surface area contributed by atoms with Crippen LogP contribution >= 0.6 is 0 Å². The number of fused-ring (bicyclic) bond motifs is 4. The number of nitrogens with one attached hydrogen (secondary N) is 1. The molecule has 3 rings (SSSR count). The smallest absolute Gasteiger partial charge is 0.237 e. The highest BCUT2D eigenvalue weighted by molar-refractivity contribution is 7.91.